The summed E-state index contributed by atoms with van der Waals surface area (Å²) in [4.78, 5) is 11.6. The van der Waals surface area contributed by atoms with Gasteiger partial charge in [-0.05, 0) is 69.4 Å². The summed E-state index contributed by atoms with van der Waals surface area (Å²) >= 11 is 0. The highest BCUT2D eigenvalue weighted by Crippen LogP contribution is 2.49. The number of rotatable bonds is 5. The Labute approximate surface area is 182 Å². The normalized spacial score (nSPS) is 17.4. The van der Waals surface area contributed by atoms with E-state index in [4.69, 9.17) is 0 Å². The van der Waals surface area contributed by atoms with Crippen molar-refractivity contribution in [3.8, 4) is 0 Å². The molecule has 0 saturated carbocycles. The number of aromatic nitrogens is 2. The summed E-state index contributed by atoms with van der Waals surface area (Å²) in [5.41, 5.74) is 6.61. The van der Waals surface area contributed by atoms with Crippen LogP contribution < -0.4 is 5.32 Å². The van der Waals surface area contributed by atoms with E-state index < -0.39 is 0 Å². The first-order valence-corrected chi connectivity index (χ1v) is 11.1. The Kier molecular flexibility index (Phi) is 7.09. The molecule has 0 bridgehead atoms. The predicted molar refractivity (Wildman–Crippen MR) is 127 cm³/mol. The van der Waals surface area contributed by atoms with Crippen LogP contribution in [0, 0.1) is 6.92 Å². The zero-order chi connectivity index (χ0) is 21.7. The largest absolute Gasteiger partial charge is 0.358 e. The second kappa shape index (κ2) is 9.57. The van der Waals surface area contributed by atoms with E-state index in [-0.39, 0.29) is 5.41 Å². The fourth-order valence-electron chi connectivity index (χ4n) is 4.64. The molecule has 1 N–H and O–H groups in total. The molecule has 1 aromatic carbocycles. The fraction of sp³-hybridized carbons (Fsp3) is 0.462. The minimum absolute atomic E-state index is 0.123. The van der Waals surface area contributed by atoms with Gasteiger partial charge in [0.25, 0.3) is 0 Å². The van der Waals surface area contributed by atoms with Gasteiger partial charge in [-0.3, -0.25) is 0 Å². The Morgan fingerprint density at radius 2 is 1.80 bits per heavy atom. The Balaban J connectivity index is 0.00000124. The van der Waals surface area contributed by atoms with Crippen molar-refractivity contribution in [2.75, 3.05) is 25.0 Å². The van der Waals surface area contributed by atoms with Crippen molar-refractivity contribution < 1.29 is 0 Å². The minimum Gasteiger partial charge on any atom is -0.358 e. The topological polar surface area (TPSA) is 41.0 Å². The van der Waals surface area contributed by atoms with Gasteiger partial charge in [-0.2, -0.15) is 0 Å². The van der Waals surface area contributed by atoms with Crippen molar-refractivity contribution in [2.24, 2.45) is 0 Å². The third kappa shape index (κ3) is 4.49. The van der Waals surface area contributed by atoms with E-state index in [2.05, 4.69) is 78.9 Å². The molecule has 3 heterocycles. The third-order valence-corrected chi connectivity index (χ3v) is 6.44. The van der Waals surface area contributed by atoms with Crippen LogP contribution in [0.1, 0.15) is 61.5 Å². The molecule has 0 radical (unpaired) electrons. The number of nitrogens with one attached hydrogen (secondary N) is 1. The Bertz CT molecular complexity index is 861. The summed E-state index contributed by atoms with van der Waals surface area (Å²) in [7, 11) is 0. The summed E-state index contributed by atoms with van der Waals surface area (Å²) in [6, 6.07) is 6.76. The van der Waals surface area contributed by atoms with Crippen molar-refractivity contribution in [3.05, 3.63) is 78.5 Å². The molecule has 1 fully saturated rings. The standard InChI is InChI=1S/C24H32N4.C2H4/c1-17(2)23-25-15-20(16-26-23)6-5-11-28-12-9-24(10-13-28)19(4)27-22-8-7-18(3)14-21(22)24;1-2/h7-8,14-17,27H,4-6,9-13H2,1-3H3;1-2H2. The summed E-state index contributed by atoms with van der Waals surface area (Å²) in [6.07, 6.45) is 8.52. The number of benzene rings is 1. The van der Waals surface area contributed by atoms with Crippen LogP contribution in [-0.2, 0) is 11.8 Å². The van der Waals surface area contributed by atoms with Gasteiger partial charge in [0.2, 0.25) is 0 Å². The quantitative estimate of drug-likeness (QED) is 0.657. The van der Waals surface area contributed by atoms with Gasteiger partial charge >= 0.3 is 0 Å². The lowest BCUT2D eigenvalue weighted by Gasteiger charge is -2.40. The maximum atomic E-state index is 4.49. The van der Waals surface area contributed by atoms with Gasteiger partial charge in [0.1, 0.15) is 5.82 Å². The molecule has 2 aliphatic rings. The van der Waals surface area contributed by atoms with E-state index in [1.165, 1.54) is 28.1 Å². The van der Waals surface area contributed by atoms with Crippen LogP contribution in [0.2, 0.25) is 0 Å². The van der Waals surface area contributed by atoms with Gasteiger partial charge in [-0.25, -0.2) is 9.97 Å². The van der Waals surface area contributed by atoms with E-state index in [1.807, 2.05) is 12.4 Å². The highest BCUT2D eigenvalue weighted by atomic mass is 15.1. The molecule has 4 rings (SSSR count). The van der Waals surface area contributed by atoms with Crippen molar-refractivity contribution >= 4 is 5.69 Å². The Morgan fingerprint density at radius 1 is 1.13 bits per heavy atom. The SMILES string of the molecule is C=C.C=C1Nc2ccc(C)cc2C12CCN(CCCc1cnc(C(C)C)nc1)CC2. The summed E-state index contributed by atoms with van der Waals surface area (Å²) in [6.45, 7) is 20.2. The molecule has 4 nitrogen and oxygen atoms in total. The van der Waals surface area contributed by atoms with Crippen molar-refractivity contribution in [1.82, 2.24) is 14.9 Å². The fourth-order valence-corrected chi connectivity index (χ4v) is 4.64. The van der Waals surface area contributed by atoms with E-state index >= 15 is 0 Å². The van der Waals surface area contributed by atoms with E-state index in [1.54, 1.807) is 0 Å². The second-order valence-corrected chi connectivity index (χ2v) is 8.78. The third-order valence-electron chi connectivity index (χ3n) is 6.44. The number of piperidine rings is 1. The van der Waals surface area contributed by atoms with Gasteiger partial charge in [-0.1, -0.05) is 38.1 Å². The van der Waals surface area contributed by atoms with Crippen LogP contribution in [0.5, 0.6) is 0 Å². The number of fused-ring (bicyclic) bond motifs is 2. The second-order valence-electron chi connectivity index (χ2n) is 8.78. The molecule has 4 heteroatoms. The van der Waals surface area contributed by atoms with Gasteiger partial charge in [0.05, 0.1) is 0 Å². The van der Waals surface area contributed by atoms with Crippen LogP contribution in [0.25, 0.3) is 0 Å². The van der Waals surface area contributed by atoms with Crippen molar-refractivity contribution in [1.29, 1.82) is 0 Å². The number of allylic oxidation sites excluding steroid dienone is 1. The first-order valence-electron chi connectivity index (χ1n) is 11.1. The lowest BCUT2D eigenvalue weighted by Crippen LogP contribution is -2.43. The molecule has 0 atom stereocenters. The average Bonchev–Trinajstić information content (AvgIpc) is 3.02. The molecule has 2 aliphatic heterocycles. The lowest BCUT2D eigenvalue weighted by atomic mass is 9.72. The molecule has 0 aliphatic carbocycles. The highest BCUT2D eigenvalue weighted by Gasteiger charge is 2.44. The summed E-state index contributed by atoms with van der Waals surface area (Å²) < 4.78 is 0. The monoisotopic (exact) mass is 404 g/mol. The molecule has 30 heavy (non-hydrogen) atoms. The molecular weight excluding hydrogens is 368 g/mol. The van der Waals surface area contributed by atoms with E-state index in [0.29, 0.717) is 5.92 Å². The maximum Gasteiger partial charge on any atom is 0.130 e. The average molecular weight is 405 g/mol. The number of anilines is 1. The van der Waals surface area contributed by atoms with Crippen LogP contribution in [0.3, 0.4) is 0 Å². The predicted octanol–water partition coefficient (Wildman–Crippen LogP) is 5.62. The zero-order valence-corrected chi connectivity index (χ0v) is 18.9. The number of hydrogen-bond donors (Lipinski definition) is 1. The van der Waals surface area contributed by atoms with Gasteiger partial charge in [0.15, 0.2) is 0 Å². The molecule has 1 spiro atoms. The number of hydrogen-bond acceptors (Lipinski definition) is 4. The van der Waals surface area contributed by atoms with Crippen LogP contribution in [-0.4, -0.2) is 34.5 Å². The molecular formula is C26H36N4. The van der Waals surface area contributed by atoms with E-state index in [9.17, 15) is 0 Å². The first kappa shape index (κ1) is 22.2. The van der Waals surface area contributed by atoms with Crippen molar-refractivity contribution in [3.63, 3.8) is 0 Å². The van der Waals surface area contributed by atoms with Gasteiger partial charge < -0.3 is 10.2 Å². The van der Waals surface area contributed by atoms with Gasteiger partial charge in [0, 0.05) is 35.1 Å². The summed E-state index contributed by atoms with van der Waals surface area (Å²) in [5.74, 6) is 1.33. The van der Waals surface area contributed by atoms with Crippen LogP contribution >= 0.6 is 0 Å². The molecule has 0 unspecified atom stereocenters. The number of likely N-dealkylation sites (tertiary alicyclic amines) is 1. The molecule has 0 amide bonds. The number of nitrogens with zero attached hydrogens (tertiary/aromatic N) is 3. The molecule has 1 saturated heterocycles. The lowest BCUT2D eigenvalue weighted by molar-refractivity contribution is 0.179. The Hall–Kier alpha value is -2.46. The molecule has 1 aromatic heterocycles. The smallest absolute Gasteiger partial charge is 0.130 e. The van der Waals surface area contributed by atoms with Gasteiger partial charge in [-0.15, -0.1) is 13.2 Å². The first-order chi connectivity index (χ1) is 14.5. The maximum absolute atomic E-state index is 4.49. The summed E-state index contributed by atoms with van der Waals surface area (Å²) in [5, 5.41) is 3.55. The van der Waals surface area contributed by atoms with Crippen molar-refractivity contribution in [2.45, 2.75) is 57.8 Å². The molecule has 2 aromatic rings. The zero-order valence-electron chi connectivity index (χ0n) is 18.9. The Morgan fingerprint density at radius 3 is 2.43 bits per heavy atom. The highest BCUT2D eigenvalue weighted by molar-refractivity contribution is 5.68. The van der Waals surface area contributed by atoms with Crippen LogP contribution in [0.4, 0.5) is 5.69 Å². The minimum atomic E-state index is 0.123. The van der Waals surface area contributed by atoms with E-state index in [0.717, 1.165) is 51.1 Å². The molecule has 160 valence electrons. The van der Waals surface area contributed by atoms with Crippen LogP contribution in [0.15, 0.2) is 56.0 Å². The number of aryl methyl sites for hydroxylation is 2.